The number of aryl methyl sites for hydroxylation is 1. The number of ether oxygens (including phenoxy) is 1. The van der Waals surface area contributed by atoms with Gasteiger partial charge in [-0.3, -0.25) is 4.99 Å². The minimum atomic E-state index is -0.653. The molecule has 2 heterocycles. The summed E-state index contributed by atoms with van der Waals surface area (Å²) in [6, 6.07) is 7.78. The summed E-state index contributed by atoms with van der Waals surface area (Å²) in [5.41, 5.74) is 0.902. The van der Waals surface area contributed by atoms with Crippen molar-refractivity contribution < 1.29 is 14.6 Å². The third kappa shape index (κ3) is 4.04. The molecule has 0 atom stereocenters. The maximum Gasteiger partial charge on any atom is 0.340 e. The van der Waals surface area contributed by atoms with Crippen molar-refractivity contribution in [2.24, 2.45) is 4.99 Å². The molecule has 0 aliphatic heterocycles. The summed E-state index contributed by atoms with van der Waals surface area (Å²) in [5.74, 6) is -1.02. The zero-order valence-electron chi connectivity index (χ0n) is 14.6. The van der Waals surface area contributed by atoms with Crippen LogP contribution in [0.1, 0.15) is 21.6 Å². The predicted molar refractivity (Wildman–Crippen MR) is 108 cm³/mol. The van der Waals surface area contributed by atoms with E-state index in [-0.39, 0.29) is 22.8 Å². The van der Waals surface area contributed by atoms with Gasteiger partial charge in [-0.1, -0.05) is 23.2 Å². The molecule has 0 saturated carbocycles. The molecule has 28 heavy (non-hydrogen) atoms. The highest BCUT2D eigenvalue weighted by Gasteiger charge is 2.17. The Morgan fingerprint density at radius 2 is 2.07 bits per heavy atom. The number of hydrogen-bond donors (Lipinski definition) is 0. The predicted octanol–water partition coefficient (Wildman–Crippen LogP) is 3.87. The Balaban J connectivity index is 2.17. The van der Waals surface area contributed by atoms with Gasteiger partial charge in [0.2, 0.25) is 0 Å². The standard InChI is InChI=1S/C18H13BrCl2N4O3/c1-9-6-10(20)7-11(18(27)28-2)15(9)23-17(26)13-8-14(19)24-25(13)16-12(21)4-3-5-22-16/h3-8H,1-2H3,(H,23,26)/p-1. The normalized spacial score (nSPS) is 11.5. The van der Waals surface area contributed by atoms with E-state index < -0.39 is 11.9 Å². The summed E-state index contributed by atoms with van der Waals surface area (Å²) in [6.07, 6.45) is 1.53. The molecule has 1 aromatic carbocycles. The van der Waals surface area contributed by atoms with Crippen LogP contribution in [0, 0.1) is 6.92 Å². The van der Waals surface area contributed by atoms with Crippen LogP contribution < -0.4 is 5.11 Å². The number of esters is 1. The first-order valence-corrected chi connectivity index (χ1v) is 9.37. The van der Waals surface area contributed by atoms with Gasteiger partial charge in [0, 0.05) is 17.1 Å². The van der Waals surface area contributed by atoms with Crippen molar-refractivity contribution in [2.75, 3.05) is 7.11 Å². The lowest BCUT2D eigenvalue weighted by Crippen LogP contribution is -2.23. The van der Waals surface area contributed by atoms with Gasteiger partial charge in [-0.05, 0) is 58.7 Å². The molecule has 0 radical (unpaired) electrons. The number of nitrogens with zero attached hydrogens (tertiary/aromatic N) is 4. The molecule has 3 rings (SSSR count). The van der Waals surface area contributed by atoms with Crippen LogP contribution in [0.25, 0.3) is 5.82 Å². The summed E-state index contributed by atoms with van der Waals surface area (Å²) in [6.45, 7) is 1.69. The number of methoxy groups -OCH3 is 1. The molecule has 0 unspecified atom stereocenters. The van der Waals surface area contributed by atoms with Gasteiger partial charge in [-0.15, -0.1) is 0 Å². The number of pyridine rings is 1. The van der Waals surface area contributed by atoms with Crippen molar-refractivity contribution in [3.8, 4) is 5.82 Å². The van der Waals surface area contributed by atoms with E-state index >= 15 is 0 Å². The minimum Gasteiger partial charge on any atom is -0.857 e. The molecule has 0 spiro atoms. The first-order chi connectivity index (χ1) is 13.3. The molecule has 0 saturated heterocycles. The molecule has 144 valence electrons. The van der Waals surface area contributed by atoms with Gasteiger partial charge >= 0.3 is 5.97 Å². The molecule has 0 bridgehead atoms. The molecular formula is C18H12BrCl2N4O3-. The molecule has 0 amide bonds. The van der Waals surface area contributed by atoms with Crippen molar-refractivity contribution in [3.63, 3.8) is 0 Å². The quantitative estimate of drug-likeness (QED) is 0.319. The van der Waals surface area contributed by atoms with Crippen LogP contribution in [-0.4, -0.2) is 33.7 Å². The van der Waals surface area contributed by atoms with Gasteiger partial charge < -0.3 is 9.84 Å². The largest absolute Gasteiger partial charge is 0.857 e. The van der Waals surface area contributed by atoms with Gasteiger partial charge in [-0.25, -0.2) is 14.5 Å². The number of aromatic nitrogens is 3. The first-order valence-electron chi connectivity index (χ1n) is 7.82. The van der Waals surface area contributed by atoms with E-state index in [9.17, 15) is 9.90 Å². The number of hydrogen-bond acceptors (Lipinski definition) is 6. The lowest BCUT2D eigenvalue weighted by atomic mass is 10.1. The van der Waals surface area contributed by atoms with Crippen LogP contribution in [0.4, 0.5) is 5.69 Å². The van der Waals surface area contributed by atoms with E-state index in [0.717, 1.165) is 0 Å². The molecule has 0 fully saturated rings. The maximum atomic E-state index is 12.9. The Bertz CT molecular complexity index is 1100. The summed E-state index contributed by atoms with van der Waals surface area (Å²) in [5, 5.41) is 17.8. The molecule has 0 aliphatic rings. The second kappa shape index (κ2) is 8.30. The monoisotopic (exact) mass is 481 g/mol. The molecule has 0 N–H and O–H groups in total. The van der Waals surface area contributed by atoms with Gasteiger partial charge in [0.25, 0.3) is 0 Å². The molecule has 2 aromatic heterocycles. The van der Waals surface area contributed by atoms with Crippen molar-refractivity contribution in [1.29, 1.82) is 0 Å². The number of carbonyl (C=O) groups excluding carboxylic acids is 1. The van der Waals surface area contributed by atoms with Gasteiger partial charge in [0.15, 0.2) is 5.82 Å². The van der Waals surface area contributed by atoms with E-state index in [0.29, 0.717) is 20.2 Å². The lowest BCUT2D eigenvalue weighted by Gasteiger charge is -2.15. The summed E-state index contributed by atoms with van der Waals surface area (Å²) < 4.78 is 6.44. The second-order valence-electron chi connectivity index (χ2n) is 5.60. The number of rotatable bonds is 4. The number of aliphatic imine (C=N–C) groups is 1. The fourth-order valence-corrected chi connectivity index (χ4v) is 3.36. The molecule has 3 aromatic rings. The fraction of sp³-hybridized carbons (Fsp3) is 0.111. The average molecular weight is 483 g/mol. The molecule has 0 aliphatic carbocycles. The number of benzene rings is 1. The van der Waals surface area contributed by atoms with E-state index in [2.05, 4.69) is 31.0 Å². The van der Waals surface area contributed by atoms with E-state index in [1.165, 1.54) is 30.1 Å². The van der Waals surface area contributed by atoms with Crippen molar-refractivity contribution in [1.82, 2.24) is 14.8 Å². The van der Waals surface area contributed by atoms with Crippen LogP contribution in [0.3, 0.4) is 0 Å². The summed E-state index contributed by atoms with van der Waals surface area (Å²) in [7, 11) is 1.24. The van der Waals surface area contributed by atoms with Crippen molar-refractivity contribution in [2.45, 2.75) is 6.92 Å². The van der Waals surface area contributed by atoms with Gasteiger partial charge in [-0.2, -0.15) is 5.10 Å². The average Bonchev–Trinajstić information content (AvgIpc) is 3.05. The van der Waals surface area contributed by atoms with Crippen molar-refractivity contribution >= 4 is 56.7 Å². The van der Waals surface area contributed by atoms with E-state index in [1.807, 2.05) is 0 Å². The highest BCUT2D eigenvalue weighted by molar-refractivity contribution is 9.10. The smallest absolute Gasteiger partial charge is 0.340 e. The fourth-order valence-electron chi connectivity index (χ4n) is 2.51. The zero-order valence-corrected chi connectivity index (χ0v) is 17.7. The SMILES string of the molecule is COC(=O)c1cc(Cl)cc(C)c1N=C([O-])c1cc(Br)nn1-c1ncccc1Cl. The van der Waals surface area contributed by atoms with Crippen LogP contribution in [0.2, 0.25) is 10.0 Å². The summed E-state index contributed by atoms with van der Waals surface area (Å²) in [4.78, 5) is 20.4. The topological polar surface area (TPSA) is 92.4 Å². The Morgan fingerprint density at radius 1 is 1.32 bits per heavy atom. The minimum absolute atomic E-state index is 0.0850. The Kier molecular flexibility index (Phi) is 6.02. The molecular weight excluding hydrogens is 471 g/mol. The van der Waals surface area contributed by atoms with Crippen LogP contribution in [-0.2, 0) is 4.74 Å². The lowest BCUT2D eigenvalue weighted by molar-refractivity contribution is -0.213. The third-order valence-corrected chi connectivity index (χ3v) is 4.62. The Morgan fingerprint density at radius 3 is 2.75 bits per heavy atom. The summed E-state index contributed by atoms with van der Waals surface area (Å²) >= 11 is 15.4. The zero-order chi connectivity index (χ0) is 20.4. The second-order valence-corrected chi connectivity index (χ2v) is 7.26. The Labute approximate surface area is 178 Å². The van der Waals surface area contributed by atoms with Crippen LogP contribution in [0.5, 0.6) is 0 Å². The first kappa shape index (κ1) is 20.3. The van der Waals surface area contributed by atoms with Crippen molar-refractivity contribution in [3.05, 3.63) is 68.0 Å². The van der Waals surface area contributed by atoms with Gasteiger partial charge in [0.1, 0.15) is 4.60 Å². The number of halogens is 3. The van der Waals surface area contributed by atoms with Gasteiger partial charge in [0.05, 0.1) is 29.1 Å². The maximum absolute atomic E-state index is 12.9. The molecule has 10 heteroatoms. The molecule has 7 nitrogen and oxygen atoms in total. The van der Waals surface area contributed by atoms with Crippen LogP contribution >= 0.6 is 39.1 Å². The highest BCUT2D eigenvalue weighted by Crippen LogP contribution is 2.30. The highest BCUT2D eigenvalue weighted by atomic mass is 79.9. The third-order valence-electron chi connectivity index (χ3n) is 3.72. The van der Waals surface area contributed by atoms with E-state index in [1.54, 1.807) is 25.1 Å². The van der Waals surface area contributed by atoms with Crippen LogP contribution in [0.15, 0.2) is 46.1 Å². The number of carbonyl (C=O) groups is 1. The Hall–Kier alpha value is -2.42. The van der Waals surface area contributed by atoms with E-state index in [4.69, 9.17) is 27.9 Å².